The molecular weight excluding hydrogens is 480 g/mol. The van der Waals surface area contributed by atoms with E-state index in [1.807, 2.05) is 42.5 Å². The highest BCUT2D eigenvalue weighted by Crippen LogP contribution is 2.36. The average Bonchev–Trinajstić information content (AvgIpc) is 3.39. The number of benzene rings is 4. The number of aliphatic hydroxyl groups excluding tert-OH is 1. The Kier molecular flexibility index (Phi) is 8.65. The van der Waals surface area contributed by atoms with Gasteiger partial charge in [0.15, 0.2) is 0 Å². The fourth-order valence-electron chi connectivity index (χ4n) is 5.97. The third kappa shape index (κ3) is 6.19. The highest BCUT2D eigenvalue weighted by Gasteiger charge is 2.33. The number of nitrogens with zero attached hydrogens (tertiary/aromatic N) is 1. The number of nitrogens with two attached hydrogens (primary N) is 1. The molecule has 0 aromatic heterocycles. The van der Waals surface area contributed by atoms with Gasteiger partial charge in [-0.1, -0.05) is 92.7 Å². The van der Waals surface area contributed by atoms with E-state index in [0.29, 0.717) is 24.1 Å². The number of hydrogen-bond acceptors (Lipinski definition) is 4. The fourth-order valence-corrected chi connectivity index (χ4v) is 5.97. The van der Waals surface area contributed by atoms with Crippen LogP contribution in [0.3, 0.4) is 0 Å². The summed E-state index contributed by atoms with van der Waals surface area (Å²) in [6, 6.07) is 31.6. The van der Waals surface area contributed by atoms with Gasteiger partial charge in [-0.05, 0) is 76.8 Å². The van der Waals surface area contributed by atoms with Gasteiger partial charge in [0.05, 0.1) is 18.3 Å². The maximum atomic E-state index is 10.8. The zero-order valence-electron chi connectivity index (χ0n) is 23.1. The summed E-state index contributed by atoms with van der Waals surface area (Å²) in [6.45, 7) is 5.73. The van der Waals surface area contributed by atoms with Gasteiger partial charge in [-0.25, -0.2) is 0 Å². The summed E-state index contributed by atoms with van der Waals surface area (Å²) in [5, 5.41) is 10.8. The molecule has 0 saturated carbocycles. The lowest BCUT2D eigenvalue weighted by Crippen LogP contribution is -2.40. The van der Waals surface area contributed by atoms with Crippen molar-refractivity contribution in [1.82, 2.24) is 4.90 Å². The topological polar surface area (TPSA) is 58.7 Å². The second-order valence-electron chi connectivity index (χ2n) is 10.6. The van der Waals surface area contributed by atoms with Crippen LogP contribution >= 0.6 is 0 Å². The molecule has 1 aliphatic carbocycles. The molecule has 0 unspecified atom stereocenters. The van der Waals surface area contributed by atoms with E-state index in [2.05, 4.69) is 67.3 Å². The van der Waals surface area contributed by atoms with E-state index in [9.17, 15) is 5.11 Å². The standard InChI is InChI=1S/C35H40N2O2/c1-3-27-17-30-19-32(20-31(30)18-28(27)4-2)37(22-25-11-7-5-8-12-25)34(23-38)29-15-16-35(33(36)21-29)39-24-26-13-9-6-10-14-26/h5-18,21,32,34,38H,3-4,19-20,22-24,36H2,1-2H3/t34-/m0/s1. The minimum atomic E-state index is -0.175. The second-order valence-corrected chi connectivity index (χ2v) is 10.6. The van der Waals surface area contributed by atoms with Crippen LogP contribution in [0.4, 0.5) is 5.69 Å². The van der Waals surface area contributed by atoms with Crippen LogP contribution in [0, 0.1) is 0 Å². The Labute approximate surface area is 233 Å². The summed E-state index contributed by atoms with van der Waals surface area (Å²) in [5.41, 5.74) is 16.3. The molecule has 0 fully saturated rings. The van der Waals surface area contributed by atoms with E-state index in [0.717, 1.165) is 43.4 Å². The SMILES string of the molecule is CCc1cc2c(cc1CC)CC(N(Cc1ccccc1)[C@@H](CO)c1ccc(OCc3ccccc3)c(N)c1)C2. The summed E-state index contributed by atoms with van der Waals surface area (Å²) < 4.78 is 6.03. The molecule has 0 spiro atoms. The Balaban J connectivity index is 1.41. The van der Waals surface area contributed by atoms with Gasteiger partial charge in [-0.2, -0.15) is 0 Å². The molecular formula is C35H40N2O2. The van der Waals surface area contributed by atoms with Crippen molar-refractivity contribution in [2.24, 2.45) is 0 Å². The first-order chi connectivity index (χ1) is 19.1. The molecule has 0 amide bonds. The minimum absolute atomic E-state index is 0.0176. The Morgan fingerprint density at radius 2 is 1.41 bits per heavy atom. The summed E-state index contributed by atoms with van der Waals surface area (Å²) >= 11 is 0. The number of nitrogen functional groups attached to an aromatic ring is 1. The van der Waals surface area contributed by atoms with Gasteiger partial charge in [0.25, 0.3) is 0 Å². The van der Waals surface area contributed by atoms with Crippen LogP contribution in [0.2, 0.25) is 0 Å². The molecule has 4 nitrogen and oxygen atoms in total. The first-order valence-electron chi connectivity index (χ1n) is 14.2. The van der Waals surface area contributed by atoms with Crippen molar-refractivity contribution in [3.63, 3.8) is 0 Å². The Morgan fingerprint density at radius 1 is 0.821 bits per heavy atom. The number of hydrogen-bond donors (Lipinski definition) is 2. The average molecular weight is 521 g/mol. The third-order valence-corrected chi connectivity index (χ3v) is 8.10. The van der Waals surface area contributed by atoms with Crippen molar-refractivity contribution in [1.29, 1.82) is 0 Å². The fraction of sp³-hybridized carbons (Fsp3) is 0.314. The normalized spacial score (nSPS) is 13.9. The molecule has 39 heavy (non-hydrogen) atoms. The Hall–Kier alpha value is -3.60. The second kappa shape index (κ2) is 12.5. The van der Waals surface area contributed by atoms with Gasteiger partial charge in [0.2, 0.25) is 0 Å². The molecule has 1 atom stereocenters. The number of aliphatic hydroxyl groups is 1. The highest BCUT2D eigenvalue weighted by atomic mass is 16.5. The monoisotopic (exact) mass is 520 g/mol. The molecule has 0 saturated heterocycles. The molecule has 4 aromatic carbocycles. The Bertz CT molecular complexity index is 1340. The van der Waals surface area contributed by atoms with E-state index in [1.54, 1.807) is 0 Å². The minimum Gasteiger partial charge on any atom is -0.487 e. The van der Waals surface area contributed by atoms with E-state index in [-0.39, 0.29) is 12.6 Å². The molecule has 0 radical (unpaired) electrons. The summed E-state index contributed by atoms with van der Waals surface area (Å²) in [4.78, 5) is 2.48. The largest absolute Gasteiger partial charge is 0.487 e. The molecule has 1 aliphatic rings. The predicted molar refractivity (Wildman–Crippen MR) is 160 cm³/mol. The number of rotatable bonds is 11. The van der Waals surface area contributed by atoms with Gasteiger partial charge in [-0.3, -0.25) is 4.90 Å². The lowest BCUT2D eigenvalue weighted by atomic mass is 9.97. The molecule has 5 rings (SSSR count). The quantitative estimate of drug-likeness (QED) is 0.217. The van der Waals surface area contributed by atoms with Gasteiger partial charge in [0.1, 0.15) is 12.4 Å². The van der Waals surface area contributed by atoms with Crippen LogP contribution in [0.25, 0.3) is 0 Å². The van der Waals surface area contributed by atoms with Gasteiger partial charge in [-0.15, -0.1) is 0 Å². The summed E-state index contributed by atoms with van der Waals surface area (Å²) in [6.07, 6.45) is 4.10. The van der Waals surface area contributed by atoms with Crippen molar-refractivity contribution >= 4 is 5.69 Å². The highest BCUT2D eigenvalue weighted by molar-refractivity contribution is 5.55. The van der Waals surface area contributed by atoms with Crippen LogP contribution in [-0.4, -0.2) is 22.7 Å². The first kappa shape index (κ1) is 27.0. The van der Waals surface area contributed by atoms with E-state index in [1.165, 1.54) is 27.8 Å². The molecule has 0 bridgehead atoms. The number of ether oxygens (including phenoxy) is 1. The third-order valence-electron chi connectivity index (χ3n) is 8.10. The Morgan fingerprint density at radius 3 is 1.95 bits per heavy atom. The molecule has 3 N–H and O–H groups in total. The van der Waals surface area contributed by atoms with Gasteiger partial charge >= 0.3 is 0 Å². The lowest BCUT2D eigenvalue weighted by molar-refractivity contribution is 0.0779. The molecule has 0 aliphatic heterocycles. The molecule has 202 valence electrons. The van der Waals surface area contributed by atoms with Crippen LogP contribution in [-0.2, 0) is 38.8 Å². The van der Waals surface area contributed by atoms with E-state index in [4.69, 9.17) is 10.5 Å². The zero-order valence-corrected chi connectivity index (χ0v) is 23.1. The molecule has 4 heteroatoms. The van der Waals surface area contributed by atoms with Gasteiger partial charge < -0.3 is 15.6 Å². The summed E-state index contributed by atoms with van der Waals surface area (Å²) in [7, 11) is 0. The van der Waals surface area contributed by atoms with E-state index < -0.39 is 0 Å². The van der Waals surface area contributed by atoms with Crippen molar-refractivity contribution in [2.45, 2.75) is 64.8 Å². The maximum Gasteiger partial charge on any atom is 0.142 e. The van der Waals surface area contributed by atoms with E-state index >= 15 is 0 Å². The number of fused-ring (bicyclic) bond motifs is 1. The van der Waals surface area contributed by atoms with Crippen LogP contribution < -0.4 is 10.5 Å². The zero-order chi connectivity index (χ0) is 27.2. The molecule has 0 heterocycles. The van der Waals surface area contributed by atoms with Crippen LogP contribution in [0.5, 0.6) is 5.75 Å². The van der Waals surface area contributed by atoms with Crippen molar-refractivity contribution in [3.05, 3.63) is 130 Å². The van der Waals surface area contributed by atoms with Crippen molar-refractivity contribution in [3.8, 4) is 5.75 Å². The van der Waals surface area contributed by atoms with Crippen molar-refractivity contribution < 1.29 is 9.84 Å². The van der Waals surface area contributed by atoms with Crippen LogP contribution in [0.1, 0.15) is 58.8 Å². The maximum absolute atomic E-state index is 10.8. The predicted octanol–water partition coefficient (Wildman–Crippen LogP) is 6.68. The van der Waals surface area contributed by atoms with Crippen molar-refractivity contribution in [2.75, 3.05) is 12.3 Å². The molecule has 4 aromatic rings. The smallest absolute Gasteiger partial charge is 0.142 e. The summed E-state index contributed by atoms with van der Waals surface area (Å²) in [5.74, 6) is 0.668. The van der Waals surface area contributed by atoms with Gasteiger partial charge in [0, 0.05) is 12.6 Å². The number of aryl methyl sites for hydroxylation is 2. The lowest BCUT2D eigenvalue weighted by Gasteiger charge is -2.36. The van der Waals surface area contributed by atoms with Crippen LogP contribution in [0.15, 0.2) is 91.0 Å². The first-order valence-corrected chi connectivity index (χ1v) is 14.2. The number of anilines is 1.